The largest absolute Gasteiger partial charge is 0.341 e. The van der Waals surface area contributed by atoms with Crippen molar-refractivity contribution in [1.82, 2.24) is 14.0 Å². The summed E-state index contributed by atoms with van der Waals surface area (Å²) in [6, 6.07) is 13.8. The third-order valence-electron chi connectivity index (χ3n) is 5.18. The zero-order valence-electron chi connectivity index (χ0n) is 15.9. The first-order chi connectivity index (χ1) is 14.0. The molecule has 4 rings (SSSR count). The summed E-state index contributed by atoms with van der Waals surface area (Å²) in [5.74, 6) is -0.183. The van der Waals surface area contributed by atoms with Gasteiger partial charge in [0.15, 0.2) is 4.77 Å². The van der Waals surface area contributed by atoms with E-state index < -0.39 is 0 Å². The van der Waals surface area contributed by atoms with E-state index in [1.54, 1.807) is 12.1 Å². The first kappa shape index (κ1) is 19.9. The summed E-state index contributed by atoms with van der Waals surface area (Å²) in [5, 5.41) is 0.643. The van der Waals surface area contributed by atoms with Crippen LogP contribution >= 0.6 is 23.8 Å². The summed E-state index contributed by atoms with van der Waals surface area (Å²) < 4.78 is 17.6. The van der Waals surface area contributed by atoms with E-state index in [4.69, 9.17) is 23.8 Å². The Labute approximate surface area is 179 Å². The molecule has 0 spiro atoms. The van der Waals surface area contributed by atoms with Gasteiger partial charge in [0.05, 0.1) is 0 Å². The van der Waals surface area contributed by atoms with Gasteiger partial charge in [0.2, 0.25) is 5.91 Å². The molecule has 0 radical (unpaired) electrons. The number of halogens is 2. The van der Waals surface area contributed by atoms with Crippen LogP contribution in [0.3, 0.4) is 0 Å². The molecule has 0 unspecified atom stereocenters. The van der Waals surface area contributed by atoms with Crippen LogP contribution in [-0.2, 0) is 17.8 Å². The van der Waals surface area contributed by atoms with Gasteiger partial charge in [0.1, 0.15) is 12.4 Å². The highest BCUT2D eigenvalue weighted by Crippen LogP contribution is 2.21. The molecule has 1 saturated heterocycles. The first-order valence-corrected chi connectivity index (χ1v) is 10.4. The average Bonchev–Trinajstić information content (AvgIpc) is 3.34. The van der Waals surface area contributed by atoms with Gasteiger partial charge in [-0.15, -0.1) is 0 Å². The van der Waals surface area contributed by atoms with E-state index in [1.807, 2.05) is 44.5 Å². The Morgan fingerprint density at radius 1 is 1.03 bits per heavy atom. The molecule has 0 atom stereocenters. The van der Waals surface area contributed by atoms with Crippen molar-refractivity contribution in [2.45, 2.75) is 25.8 Å². The van der Waals surface area contributed by atoms with E-state index in [0.717, 1.165) is 42.9 Å². The van der Waals surface area contributed by atoms with Gasteiger partial charge in [0, 0.05) is 42.1 Å². The fourth-order valence-corrected chi connectivity index (χ4v) is 4.14. The lowest BCUT2D eigenvalue weighted by atomic mass is 10.1. The van der Waals surface area contributed by atoms with Crippen LogP contribution in [0.5, 0.6) is 0 Å². The summed E-state index contributed by atoms with van der Waals surface area (Å²) in [6.45, 7) is 1.84. The fourth-order valence-electron chi connectivity index (χ4n) is 3.67. The number of benzene rings is 2. The molecule has 0 saturated carbocycles. The fraction of sp³-hybridized carbons (Fsp3) is 0.273. The lowest BCUT2D eigenvalue weighted by molar-refractivity contribution is -0.130. The van der Waals surface area contributed by atoms with Gasteiger partial charge in [0.25, 0.3) is 0 Å². The highest BCUT2D eigenvalue weighted by Gasteiger charge is 2.20. The minimum atomic E-state index is -0.267. The zero-order valence-corrected chi connectivity index (χ0v) is 17.4. The standard InChI is InChI=1S/C22H21ClFN3OS/c23-17-5-9-19(10-6-17)27-20(13-16-3-7-18(24)8-4-16)14-26(22(27)29)15-21(28)25-11-1-2-12-25/h3-10,14H,1-2,11-13,15H2. The Hall–Kier alpha value is -2.44. The van der Waals surface area contributed by atoms with Crippen LogP contribution in [0.25, 0.3) is 5.69 Å². The van der Waals surface area contributed by atoms with Gasteiger partial charge in [-0.3, -0.25) is 9.36 Å². The third kappa shape index (κ3) is 4.43. The van der Waals surface area contributed by atoms with Crippen molar-refractivity contribution in [3.8, 4) is 5.69 Å². The van der Waals surface area contributed by atoms with E-state index in [2.05, 4.69) is 0 Å². The second-order valence-electron chi connectivity index (χ2n) is 7.23. The second-order valence-corrected chi connectivity index (χ2v) is 8.04. The van der Waals surface area contributed by atoms with Gasteiger partial charge >= 0.3 is 0 Å². The molecule has 1 aliphatic rings. The van der Waals surface area contributed by atoms with Crippen LogP contribution in [0.2, 0.25) is 5.02 Å². The summed E-state index contributed by atoms with van der Waals surface area (Å²) in [4.78, 5) is 14.5. The number of amides is 1. The number of nitrogens with zero attached hydrogens (tertiary/aromatic N) is 3. The first-order valence-electron chi connectivity index (χ1n) is 9.60. The molecule has 1 amide bonds. The number of hydrogen-bond donors (Lipinski definition) is 0. The third-order valence-corrected chi connectivity index (χ3v) is 5.85. The van der Waals surface area contributed by atoms with E-state index in [0.29, 0.717) is 16.2 Å². The minimum Gasteiger partial charge on any atom is -0.341 e. The molecule has 2 aromatic carbocycles. The Kier molecular flexibility index (Phi) is 5.83. The molecule has 0 aliphatic carbocycles. The van der Waals surface area contributed by atoms with Gasteiger partial charge < -0.3 is 9.47 Å². The highest BCUT2D eigenvalue weighted by atomic mass is 35.5. The number of hydrogen-bond acceptors (Lipinski definition) is 2. The number of carbonyl (C=O) groups excluding carboxylic acids is 1. The maximum Gasteiger partial charge on any atom is 0.242 e. The van der Waals surface area contributed by atoms with E-state index in [-0.39, 0.29) is 18.3 Å². The van der Waals surface area contributed by atoms with E-state index in [9.17, 15) is 9.18 Å². The summed E-state index contributed by atoms with van der Waals surface area (Å²) in [5.41, 5.74) is 2.77. The molecule has 4 nitrogen and oxygen atoms in total. The quantitative estimate of drug-likeness (QED) is 0.533. The molecular formula is C22H21ClFN3OS. The number of likely N-dealkylation sites (tertiary alicyclic amines) is 1. The molecule has 0 N–H and O–H groups in total. The van der Waals surface area contributed by atoms with Crippen molar-refractivity contribution in [1.29, 1.82) is 0 Å². The monoisotopic (exact) mass is 429 g/mol. The number of aromatic nitrogens is 2. The molecule has 1 aromatic heterocycles. The lowest BCUT2D eigenvalue weighted by Crippen LogP contribution is -2.31. The molecule has 150 valence electrons. The maximum absolute atomic E-state index is 13.3. The van der Waals surface area contributed by atoms with Gasteiger partial charge in [-0.1, -0.05) is 23.7 Å². The number of imidazole rings is 1. The topological polar surface area (TPSA) is 30.2 Å². The van der Waals surface area contributed by atoms with Crippen molar-refractivity contribution in [3.05, 3.63) is 81.6 Å². The maximum atomic E-state index is 13.3. The lowest BCUT2D eigenvalue weighted by Gasteiger charge is -2.15. The van der Waals surface area contributed by atoms with Crippen LogP contribution in [-0.4, -0.2) is 33.0 Å². The Bertz CT molecular complexity index is 1070. The van der Waals surface area contributed by atoms with Crippen molar-refractivity contribution in [3.63, 3.8) is 0 Å². The van der Waals surface area contributed by atoms with Crippen molar-refractivity contribution >= 4 is 29.7 Å². The highest BCUT2D eigenvalue weighted by molar-refractivity contribution is 7.71. The van der Waals surface area contributed by atoms with Gasteiger partial charge in [-0.25, -0.2) is 4.39 Å². The predicted molar refractivity (Wildman–Crippen MR) is 115 cm³/mol. The zero-order chi connectivity index (χ0) is 20.4. The van der Waals surface area contributed by atoms with Crippen molar-refractivity contribution in [2.75, 3.05) is 13.1 Å². The molecule has 0 bridgehead atoms. The molecule has 7 heteroatoms. The summed E-state index contributed by atoms with van der Waals surface area (Å²) in [7, 11) is 0. The Morgan fingerprint density at radius 2 is 1.69 bits per heavy atom. The Balaban J connectivity index is 1.71. The number of rotatable bonds is 5. The molecule has 1 fully saturated rings. The predicted octanol–water partition coefficient (Wildman–Crippen LogP) is 5.01. The summed E-state index contributed by atoms with van der Waals surface area (Å²) >= 11 is 11.8. The van der Waals surface area contributed by atoms with E-state index >= 15 is 0 Å². The van der Waals surface area contributed by atoms with Crippen LogP contribution in [0.1, 0.15) is 24.1 Å². The van der Waals surface area contributed by atoms with Crippen LogP contribution in [0.15, 0.2) is 54.7 Å². The average molecular weight is 430 g/mol. The summed E-state index contributed by atoms with van der Waals surface area (Å²) in [6.07, 6.45) is 4.60. The molecular weight excluding hydrogens is 409 g/mol. The molecule has 3 aromatic rings. The second kappa shape index (κ2) is 8.51. The number of carbonyl (C=O) groups is 1. The van der Waals surface area contributed by atoms with Gasteiger partial charge in [-0.2, -0.15) is 0 Å². The van der Waals surface area contributed by atoms with Crippen molar-refractivity contribution < 1.29 is 9.18 Å². The van der Waals surface area contributed by atoms with Gasteiger partial charge in [-0.05, 0) is 67.0 Å². The van der Waals surface area contributed by atoms with E-state index in [1.165, 1.54) is 12.1 Å². The van der Waals surface area contributed by atoms with Crippen LogP contribution in [0.4, 0.5) is 4.39 Å². The Morgan fingerprint density at radius 3 is 2.34 bits per heavy atom. The SMILES string of the molecule is O=C(Cn1cc(Cc2ccc(F)cc2)n(-c2ccc(Cl)cc2)c1=S)N1CCCC1. The molecule has 1 aliphatic heterocycles. The minimum absolute atomic E-state index is 0.0835. The van der Waals surface area contributed by atoms with Crippen LogP contribution in [0, 0.1) is 10.6 Å². The smallest absolute Gasteiger partial charge is 0.242 e. The molecule has 2 heterocycles. The normalized spacial score (nSPS) is 13.8. The van der Waals surface area contributed by atoms with Crippen LogP contribution < -0.4 is 0 Å². The van der Waals surface area contributed by atoms with Crippen molar-refractivity contribution in [2.24, 2.45) is 0 Å². The molecule has 29 heavy (non-hydrogen) atoms.